The van der Waals surface area contributed by atoms with Crippen LogP contribution in [0, 0.1) is 30.1 Å². The van der Waals surface area contributed by atoms with Gasteiger partial charge in [-0.15, -0.1) is 0 Å². The molecule has 1 amide bonds. The summed E-state index contributed by atoms with van der Waals surface area (Å²) in [6, 6.07) is 2.07. The maximum Gasteiger partial charge on any atom is 0.254 e. The first kappa shape index (κ1) is 16.7. The standard InChI is InChI=1S/C21H28N6O/c1-14-6-18(27-20(24-14)22-13-23-27)25-2-4-26(5-3-25)19(28)21-10-15-7-16(11-21)9-17(8-15)12-21/h6,13,15-17H,2-5,7-12H2,1H3. The van der Waals surface area contributed by atoms with E-state index in [1.165, 1.54) is 19.3 Å². The number of aromatic nitrogens is 4. The van der Waals surface area contributed by atoms with E-state index in [1.54, 1.807) is 6.33 Å². The van der Waals surface area contributed by atoms with Gasteiger partial charge in [-0.1, -0.05) is 0 Å². The van der Waals surface area contributed by atoms with E-state index in [0.717, 1.165) is 74.7 Å². The summed E-state index contributed by atoms with van der Waals surface area (Å²) in [5.74, 6) is 4.58. The molecule has 7 heteroatoms. The van der Waals surface area contributed by atoms with Gasteiger partial charge in [0.05, 0.1) is 5.41 Å². The molecule has 2 aromatic rings. The second-order valence-electron chi connectivity index (χ2n) is 9.70. The summed E-state index contributed by atoms with van der Waals surface area (Å²) in [4.78, 5) is 26.7. The van der Waals surface area contributed by atoms with Crippen LogP contribution in [0.5, 0.6) is 0 Å². The van der Waals surface area contributed by atoms with Gasteiger partial charge in [0, 0.05) is 37.9 Å². The minimum Gasteiger partial charge on any atom is -0.353 e. The Hall–Kier alpha value is -2.18. The number of hydrogen-bond acceptors (Lipinski definition) is 5. The van der Waals surface area contributed by atoms with Crippen molar-refractivity contribution in [1.82, 2.24) is 24.5 Å². The molecule has 7 rings (SSSR count). The highest BCUT2D eigenvalue weighted by molar-refractivity contribution is 5.83. The number of carbonyl (C=O) groups is 1. The quantitative estimate of drug-likeness (QED) is 0.800. The van der Waals surface area contributed by atoms with E-state index in [-0.39, 0.29) is 5.41 Å². The van der Waals surface area contributed by atoms with E-state index >= 15 is 0 Å². The van der Waals surface area contributed by atoms with Gasteiger partial charge in [0.1, 0.15) is 12.1 Å². The molecule has 0 radical (unpaired) electrons. The van der Waals surface area contributed by atoms with E-state index in [0.29, 0.717) is 11.7 Å². The average molecular weight is 380 g/mol. The molecule has 3 heterocycles. The zero-order chi connectivity index (χ0) is 18.9. The molecular weight excluding hydrogens is 352 g/mol. The van der Waals surface area contributed by atoms with Crippen molar-refractivity contribution in [3.63, 3.8) is 0 Å². The fourth-order valence-electron chi connectivity index (χ4n) is 6.98. The van der Waals surface area contributed by atoms with Crippen molar-refractivity contribution in [2.45, 2.75) is 45.4 Å². The average Bonchev–Trinajstić information content (AvgIpc) is 3.14. The maximum absolute atomic E-state index is 13.6. The van der Waals surface area contributed by atoms with Gasteiger partial charge >= 0.3 is 0 Å². The monoisotopic (exact) mass is 380 g/mol. The number of nitrogens with zero attached hydrogens (tertiary/aromatic N) is 6. The third kappa shape index (κ3) is 2.47. The van der Waals surface area contributed by atoms with Crippen molar-refractivity contribution < 1.29 is 4.79 Å². The summed E-state index contributed by atoms with van der Waals surface area (Å²) in [5.41, 5.74) is 0.922. The van der Waals surface area contributed by atoms with Crippen LogP contribution in [0.3, 0.4) is 0 Å². The number of hydrogen-bond donors (Lipinski definition) is 0. The fourth-order valence-corrected chi connectivity index (χ4v) is 6.98. The van der Waals surface area contributed by atoms with Crippen LogP contribution in [-0.4, -0.2) is 56.6 Å². The highest BCUT2D eigenvalue weighted by atomic mass is 16.2. The first-order valence-electron chi connectivity index (χ1n) is 10.8. The molecule has 4 aliphatic carbocycles. The molecule has 4 saturated carbocycles. The second-order valence-corrected chi connectivity index (χ2v) is 9.70. The number of rotatable bonds is 2. The molecule has 0 aromatic carbocycles. The van der Waals surface area contributed by atoms with Crippen LogP contribution in [0.4, 0.5) is 5.82 Å². The van der Waals surface area contributed by atoms with Crippen LogP contribution < -0.4 is 4.90 Å². The highest BCUT2D eigenvalue weighted by Gasteiger charge is 2.55. The van der Waals surface area contributed by atoms with Gasteiger partial charge in [-0.3, -0.25) is 4.79 Å². The zero-order valence-corrected chi connectivity index (χ0v) is 16.5. The largest absolute Gasteiger partial charge is 0.353 e. The van der Waals surface area contributed by atoms with Gasteiger partial charge in [0.2, 0.25) is 5.91 Å². The Kier molecular flexibility index (Phi) is 3.53. The molecule has 2 aromatic heterocycles. The Bertz CT molecular complexity index is 893. The molecule has 4 bridgehead atoms. The van der Waals surface area contributed by atoms with E-state index < -0.39 is 0 Å². The van der Waals surface area contributed by atoms with Crippen molar-refractivity contribution in [2.75, 3.05) is 31.1 Å². The molecule has 148 valence electrons. The lowest BCUT2D eigenvalue weighted by Crippen LogP contribution is -2.58. The SMILES string of the molecule is Cc1cc(N2CCN(C(=O)C34CC5CC(CC(C5)C3)C4)CC2)n2ncnc2n1. The smallest absolute Gasteiger partial charge is 0.254 e. The van der Waals surface area contributed by atoms with E-state index in [4.69, 9.17) is 0 Å². The predicted octanol–water partition coefficient (Wildman–Crippen LogP) is 2.30. The second kappa shape index (κ2) is 5.91. The molecule has 5 fully saturated rings. The van der Waals surface area contributed by atoms with E-state index in [9.17, 15) is 4.79 Å². The molecule has 28 heavy (non-hydrogen) atoms. The summed E-state index contributed by atoms with van der Waals surface area (Å²) in [7, 11) is 0. The molecule has 0 spiro atoms. The Balaban J connectivity index is 1.20. The van der Waals surface area contributed by atoms with E-state index in [1.807, 2.05) is 11.4 Å². The van der Waals surface area contributed by atoms with Crippen molar-refractivity contribution >= 4 is 17.5 Å². The third-order valence-electron chi connectivity index (χ3n) is 7.74. The van der Waals surface area contributed by atoms with Crippen LogP contribution in [0.2, 0.25) is 0 Å². The Morgan fingerprint density at radius 2 is 1.68 bits per heavy atom. The third-order valence-corrected chi connectivity index (χ3v) is 7.74. The van der Waals surface area contributed by atoms with Gasteiger partial charge in [-0.25, -0.2) is 4.98 Å². The maximum atomic E-state index is 13.6. The molecule has 0 atom stereocenters. The van der Waals surface area contributed by atoms with Gasteiger partial charge in [-0.05, 0) is 63.2 Å². The lowest BCUT2D eigenvalue weighted by atomic mass is 9.49. The van der Waals surface area contributed by atoms with Crippen molar-refractivity contribution in [2.24, 2.45) is 23.2 Å². The minimum absolute atomic E-state index is 0.0245. The van der Waals surface area contributed by atoms with Gasteiger partial charge in [0.15, 0.2) is 0 Å². The molecule has 1 saturated heterocycles. The van der Waals surface area contributed by atoms with Crippen molar-refractivity contribution in [1.29, 1.82) is 0 Å². The molecule has 5 aliphatic rings. The first-order valence-corrected chi connectivity index (χ1v) is 10.8. The fraction of sp³-hybridized carbons (Fsp3) is 0.714. The summed E-state index contributed by atoms with van der Waals surface area (Å²) < 4.78 is 1.81. The minimum atomic E-state index is -0.0245. The number of anilines is 1. The van der Waals surface area contributed by atoms with Crippen LogP contribution in [0.25, 0.3) is 5.78 Å². The summed E-state index contributed by atoms with van der Waals surface area (Å²) in [6.07, 6.45) is 9.17. The lowest BCUT2D eigenvalue weighted by molar-refractivity contribution is -0.158. The Labute approximate surface area is 165 Å². The van der Waals surface area contributed by atoms with E-state index in [2.05, 4.69) is 30.9 Å². The van der Waals surface area contributed by atoms with Crippen molar-refractivity contribution in [3.05, 3.63) is 18.1 Å². The van der Waals surface area contributed by atoms with Gasteiger partial charge in [0.25, 0.3) is 5.78 Å². The number of aryl methyl sites for hydroxylation is 1. The number of piperazine rings is 1. The summed E-state index contributed by atoms with van der Waals surface area (Å²) >= 11 is 0. The lowest BCUT2D eigenvalue weighted by Gasteiger charge is -2.57. The Morgan fingerprint density at radius 1 is 1.04 bits per heavy atom. The summed E-state index contributed by atoms with van der Waals surface area (Å²) in [5, 5.41) is 4.34. The topological polar surface area (TPSA) is 66.6 Å². The molecule has 1 aliphatic heterocycles. The molecular formula is C21H28N6O. The number of fused-ring (bicyclic) bond motifs is 1. The van der Waals surface area contributed by atoms with Crippen molar-refractivity contribution in [3.8, 4) is 0 Å². The van der Waals surface area contributed by atoms with Crippen LogP contribution in [0.15, 0.2) is 12.4 Å². The normalized spacial score (nSPS) is 34.4. The van der Waals surface area contributed by atoms with Gasteiger partial charge in [-0.2, -0.15) is 14.6 Å². The molecule has 0 N–H and O–H groups in total. The number of amides is 1. The highest BCUT2D eigenvalue weighted by Crippen LogP contribution is 2.60. The zero-order valence-electron chi connectivity index (χ0n) is 16.5. The van der Waals surface area contributed by atoms with Crippen LogP contribution >= 0.6 is 0 Å². The van der Waals surface area contributed by atoms with Crippen LogP contribution in [-0.2, 0) is 4.79 Å². The molecule has 7 nitrogen and oxygen atoms in total. The van der Waals surface area contributed by atoms with Gasteiger partial charge < -0.3 is 9.80 Å². The predicted molar refractivity (Wildman–Crippen MR) is 105 cm³/mol. The molecule has 0 unspecified atom stereocenters. The summed E-state index contributed by atoms with van der Waals surface area (Å²) in [6.45, 7) is 5.29. The van der Waals surface area contributed by atoms with Crippen LogP contribution in [0.1, 0.15) is 44.2 Å². The first-order chi connectivity index (χ1) is 13.6. The number of carbonyl (C=O) groups excluding carboxylic acids is 1. The Morgan fingerprint density at radius 3 is 2.32 bits per heavy atom.